The van der Waals surface area contributed by atoms with E-state index >= 15 is 0 Å². The largest absolute Gasteiger partial charge is 0.383 e. The maximum absolute atomic E-state index is 11.5. The van der Waals surface area contributed by atoms with Crippen molar-refractivity contribution >= 4 is 23.1 Å². The summed E-state index contributed by atoms with van der Waals surface area (Å²) in [5.41, 5.74) is 0.726. The van der Waals surface area contributed by atoms with Crippen molar-refractivity contribution in [2.75, 3.05) is 24.2 Å². The molecule has 112 valence electrons. The van der Waals surface area contributed by atoms with Crippen LogP contribution in [0.15, 0.2) is 35.5 Å². The number of aromatic nitrogens is 3. The van der Waals surface area contributed by atoms with E-state index in [0.717, 1.165) is 19.4 Å². The minimum Gasteiger partial charge on any atom is -0.383 e. The highest BCUT2D eigenvalue weighted by Crippen LogP contribution is 2.25. The average molecular weight is 308 g/mol. The van der Waals surface area contributed by atoms with Crippen LogP contribution in [0.5, 0.6) is 0 Å². The minimum absolute atomic E-state index is 0.0329. The molecule has 0 aliphatic carbocycles. The molecule has 2 aromatic heterocycles. The first kappa shape index (κ1) is 15.3. The first-order valence-electron chi connectivity index (χ1n) is 6.80. The van der Waals surface area contributed by atoms with E-state index in [2.05, 4.69) is 20.6 Å². The topological polar surface area (TPSA) is 71.8 Å². The lowest BCUT2D eigenvalue weighted by atomic mass is 10.3. The maximum atomic E-state index is 11.5. The normalized spacial score (nSPS) is 10.4. The molecular formula is C14H18ClN5O. The Balaban J connectivity index is 1.79. The van der Waals surface area contributed by atoms with Crippen LogP contribution in [0, 0.1) is 0 Å². The van der Waals surface area contributed by atoms with Crippen molar-refractivity contribution in [3.63, 3.8) is 0 Å². The molecule has 0 saturated carbocycles. The highest BCUT2D eigenvalue weighted by atomic mass is 35.5. The summed E-state index contributed by atoms with van der Waals surface area (Å²) >= 11 is 5.98. The second kappa shape index (κ2) is 7.64. The molecule has 7 heteroatoms. The van der Waals surface area contributed by atoms with E-state index in [-0.39, 0.29) is 5.56 Å². The van der Waals surface area contributed by atoms with Crippen LogP contribution in [-0.4, -0.2) is 28.1 Å². The molecule has 2 rings (SSSR count). The van der Waals surface area contributed by atoms with Gasteiger partial charge in [-0.1, -0.05) is 17.7 Å². The summed E-state index contributed by atoms with van der Waals surface area (Å²) in [6.07, 6.45) is 5.06. The zero-order valence-corrected chi connectivity index (χ0v) is 12.6. The summed E-state index contributed by atoms with van der Waals surface area (Å²) in [6.45, 7) is 1.47. The van der Waals surface area contributed by atoms with Gasteiger partial charge in [0.15, 0.2) is 11.0 Å². The molecule has 6 nitrogen and oxygen atoms in total. The molecule has 0 amide bonds. The smallest absolute Gasteiger partial charge is 0.250 e. The van der Waals surface area contributed by atoms with Crippen molar-refractivity contribution in [2.24, 2.45) is 0 Å². The maximum Gasteiger partial charge on any atom is 0.250 e. The number of nitrogens with one attached hydrogen (secondary N) is 2. The standard InChI is InChI=1S/C14H18ClN5O/c1-16-12-13(15)18-10-19-14(12)17-7-3-5-9-20-8-4-2-6-11(20)21/h2,4,6,8,10,16H,3,5,7,9H2,1H3,(H,17,18,19). The van der Waals surface area contributed by atoms with Gasteiger partial charge in [0.2, 0.25) is 5.56 Å². The molecule has 2 aromatic rings. The van der Waals surface area contributed by atoms with Gasteiger partial charge in [-0.2, -0.15) is 0 Å². The van der Waals surface area contributed by atoms with Gasteiger partial charge in [0.05, 0.1) is 0 Å². The summed E-state index contributed by atoms with van der Waals surface area (Å²) in [7, 11) is 1.78. The number of aryl methyl sites for hydroxylation is 1. The van der Waals surface area contributed by atoms with E-state index in [0.29, 0.717) is 23.2 Å². The van der Waals surface area contributed by atoms with Crippen molar-refractivity contribution in [1.82, 2.24) is 14.5 Å². The Hall–Kier alpha value is -2.08. The molecule has 0 saturated heterocycles. The summed E-state index contributed by atoms with van der Waals surface area (Å²) in [5.74, 6) is 0.689. The molecule has 0 aliphatic heterocycles. The Morgan fingerprint density at radius 1 is 1.29 bits per heavy atom. The fourth-order valence-electron chi connectivity index (χ4n) is 1.98. The molecule has 21 heavy (non-hydrogen) atoms. The molecule has 2 N–H and O–H groups in total. The predicted octanol–water partition coefficient (Wildman–Crippen LogP) is 2.23. The Bertz CT molecular complexity index is 643. The monoisotopic (exact) mass is 307 g/mol. The van der Waals surface area contributed by atoms with Crippen molar-refractivity contribution in [1.29, 1.82) is 0 Å². The second-order valence-electron chi connectivity index (χ2n) is 4.50. The number of halogens is 1. The fourth-order valence-corrected chi connectivity index (χ4v) is 2.21. The van der Waals surface area contributed by atoms with Gasteiger partial charge in [-0.15, -0.1) is 0 Å². The van der Waals surface area contributed by atoms with Crippen LogP contribution in [0.3, 0.4) is 0 Å². The first-order valence-corrected chi connectivity index (χ1v) is 7.17. The van der Waals surface area contributed by atoms with Crippen molar-refractivity contribution < 1.29 is 0 Å². The zero-order chi connectivity index (χ0) is 15.1. The Labute approximate surface area is 128 Å². The first-order chi connectivity index (χ1) is 10.2. The summed E-state index contributed by atoms with van der Waals surface area (Å²) in [4.78, 5) is 19.6. The third kappa shape index (κ3) is 4.19. The summed E-state index contributed by atoms with van der Waals surface area (Å²) in [6, 6.07) is 5.18. The molecule has 0 fully saturated rings. The number of hydrogen-bond donors (Lipinski definition) is 2. The van der Waals surface area contributed by atoms with Gasteiger partial charge in [0.1, 0.15) is 12.0 Å². The average Bonchev–Trinajstić information content (AvgIpc) is 2.49. The van der Waals surface area contributed by atoms with Crippen LogP contribution in [0.2, 0.25) is 5.15 Å². The molecule has 0 bridgehead atoms. The Kier molecular flexibility index (Phi) is 5.57. The molecule has 2 heterocycles. The van der Waals surface area contributed by atoms with E-state index < -0.39 is 0 Å². The molecule has 0 spiro atoms. The molecule has 0 radical (unpaired) electrons. The second-order valence-corrected chi connectivity index (χ2v) is 4.86. The van der Waals surface area contributed by atoms with Gasteiger partial charge in [0, 0.05) is 32.4 Å². The minimum atomic E-state index is 0.0329. The van der Waals surface area contributed by atoms with Gasteiger partial charge < -0.3 is 15.2 Å². The predicted molar refractivity (Wildman–Crippen MR) is 85.0 cm³/mol. The molecule has 0 atom stereocenters. The number of anilines is 2. The molecule has 0 aromatic carbocycles. The molecule has 0 aliphatic rings. The third-order valence-corrected chi connectivity index (χ3v) is 3.35. The lowest BCUT2D eigenvalue weighted by Gasteiger charge is -2.11. The van der Waals surface area contributed by atoms with Crippen LogP contribution in [0.4, 0.5) is 11.5 Å². The van der Waals surface area contributed by atoms with Gasteiger partial charge in [-0.25, -0.2) is 9.97 Å². The zero-order valence-electron chi connectivity index (χ0n) is 11.8. The quantitative estimate of drug-likeness (QED) is 0.606. The third-order valence-electron chi connectivity index (χ3n) is 3.07. The van der Waals surface area contributed by atoms with E-state index in [9.17, 15) is 4.79 Å². The van der Waals surface area contributed by atoms with E-state index in [1.54, 1.807) is 29.9 Å². The van der Waals surface area contributed by atoms with Gasteiger partial charge >= 0.3 is 0 Å². The van der Waals surface area contributed by atoms with Crippen LogP contribution in [-0.2, 0) is 6.54 Å². The molecule has 0 unspecified atom stereocenters. The number of hydrogen-bond acceptors (Lipinski definition) is 5. The number of rotatable bonds is 7. The fraction of sp³-hybridized carbons (Fsp3) is 0.357. The van der Waals surface area contributed by atoms with Crippen molar-refractivity contribution in [2.45, 2.75) is 19.4 Å². The van der Waals surface area contributed by atoms with E-state index in [4.69, 9.17) is 11.6 Å². The lowest BCUT2D eigenvalue weighted by Crippen LogP contribution is -2.18. The van der Waals surface area contributed by atoms with Gasteiger partial charge in [-0.05, 0) is 18.9 Å². The van der Waals surface area contributed by atoms with Crippen LogP contribution in [0.25, 0.3) is 0 Å². The summed E-state index contributed by atoms with van der Waals surface area (Å²) < 4.78 is 1.71. The SMILES string of the molecule is CNc1c(Cl)ncnc1NCCCCn1ccccc1=O. The summed E-state index contributed by atoms with van der Waals surface area (Å²) in [5, 5.41) is 6.59. The highest BCUT2D eigenvalue weighted by molar-refractivity contribution is 6.32. The Morgan fingerprint density at radius 2 is 2.14 bits per heavy atom. The van der Waals surface area contributed by atoms with E-state index in [1.807, 2.05) is 6.07 Å². The molecular weight excluding hydrogens is 290 g/mol. The Morgan fingerprint density at radius 3 is 2.90 bits per heavy atom. The van der Waals surface area contributed by atoms with Gasteiger partial charge in [-0.3, -0.25) is 4.79 Å². The van der Waals surface area contributed by atoms with Crippen LogP contribution in [0.1, 0.15) is 12.8 Å². The van der Waals surface area contributed by atoms with Gasteiger partial charge in [0.25, 0.3) is 0 Å². The van der Waals surface area contributed by atoms with Crippen molar-refractivity contribution in [3.05, 3.63) is 46.2 Å². The van der Waals surface area contributed by atoms with Crippen LogP contribution >= 0.6 is 11.6 Å². The lowest BCUT2D eigenvalue weighted by molar-refractivity contribution is 0.604. The van der Waals surface area contributed by atoms with Crippen molar-refractivity contribution in [3.8, 4) is 0 Å². The van der Waals surface area contributed by atoms with E-state index in [1.165, 1.54) is 6.33 Å². The number of unbranched alkanes of at least 4 members (excludes halogenated alkanes) is 1. The van der Waals surface area contributed by atoms with Crippen LogP contribution < -0.4 is 16.2 Å². The number of pyridine rings is 1. The highest BCUT2D eigenvalue weighted by Gasteiger charge is 2.06. The number of nitrogens with zero attached hydrogens (tertiary/aromatic N) is 3.